The van der Waals surface area contributed by atoms with Crippen LogP contribution in [0.2, 0.25) is 0 Å². The molecule has 0 radical (unpaired) electrons. The van der Waals surface area contributed by atoms with E-state index >= 15 is 0 Å². The van der Waals surface area contributed by atoms with Crippen LogP contribution in [0.3, 0.4) is 0 Å². The fourth-order valence-corrected chi connectivity index (χ4v) is 1.50. The first-order valence-electron chi connectivity index (χ1n) is 3.59. The summed E-state index contributed by atoms with van der Waals surface area (Å²) in [5.41, 5.74) is 0. The maximum absolute atomic E-state index is 8.49. The van der Waals surface area contributed by atoms with Crippen molar-refractivity contribution in [2.45, 2.75) is 12.3 Å². The van der Waals surface area contributed by atoms with Crippen LogP contribution in [-0.4, -0.2) is 27.2 Å². The van der Waals surface area contributed by atoms with Gasteiger partial charge in [-0.25, -0.2) is 0 Å². The van der Waals surface area contributed by atoms with E-state index in [0.29, 0.717) is 0 Å². The zero-order valence-electron chi connectivity index (χ0n) is 6.31. The maximum atomic E-state index is 8.49. The lowest BCUT2D eigenvalue weighted by Gasteiger charge is -1.99. The Morgan fingerprint density at radius 3 is 3.09 bits per heavy atom. The molecule has 0 spiro atoms. The molecule has 3 nitrogen and oxygen atoms in total. The minimum absolute atomic E-state index is 0.284. The van der Waals surface area contributed by atoms with Crippen LogP contribution >= 0.6 is 11.8 Å². The fourth-order valence-electron chi connectivity index (χ4n) is 0.702. The van der Waals surface area contributed by atoms with Crippen LogP contribution in [0.15, 0.2) is 18.5 Å². The van der Waals surface area contributed by atoms with E-state index in [4.69, 9.17) is 5.11 Å². The van der Waals surface area contributed by atoms with E-state index in [0.717, 1.165) is 18.1 Å². The van der Waals surface area contributed by atoms with Gasteiger partial charge in [0.05, 0.1) is 5.88 Å². The van der Waals surface area contributed by atoms with Crippen molar-refractivity contribution in [1.82, 2.24) is 9.78 Å². The maximum Gasteiger partial charge on any atom is 0.0863 e. The van der Waals surface area contributed by atoms with E-state index in [1.165, 1.54) is 0 Å². The molecule has 0 aromatic carbocycles. The van der Waals surface area contributed by atoms with Crippen molar-refractivity contribution in [3.63, 3.8) is 0 Å². The first-order valence-corrected chi connectivity index (χ1v) is 4.75. The monoisotopic (exact) mass is 172 g/mol. The molecule has 4 heteroatoms. The molecule has 1 N–H and O–H groups in total. The molecular weight excluding hydrogens is 160 g/mol. The van der Waals surface area contributed by atoms with Gasteiger partial charge in [-0.3, -0.25) is 4.68 Å². The molecule has 0 saturated heterocycles. The molecule has 62 valence electrons. The summed E-state index contributed by atoms with van der Waals surface area (Å²) in [4.78, 5) is 0. The number of rotatable bonds is 5. The highest BCUT2D eigenvalue weighted by Gasteiger charge is 1.89. The predicted octanol–water partition coefficient (Wildman–Crippen LogP) is 0.956. The smallest absolute Gasteiger partial charge is 0.0863 e. The van der Waals surface area contributed by atoms with Gasteiger partial charge in [-0.15, -0.1) is 11.8 Å². The van der Waals surface area contributed by atoms with E-state index in [1.54, 1.807) is 18.0 Å². The summed E-state index contributed by atoms with van der Waals surface area (Å²) in [7, 11) is 0. The van der Waals surface area contributed by atoms with Gasteiger partial charge in [0.25, 0.3) is 0 Å². The molecule has 0 aliphatic heterocycles. The number of aliphatic hydroxyl groups is 1. The highest BCUT2D eigenvalue weighted by molar-refractivity contribution is 7.98. The second kappa shape index (κ2) is 5.21. The first-order chi connectivity index (χ1) is 5.43. The largest absolute Gasteiger partial charge is 0.396 e. The molecule has 0 aliphatic carbocycles. The topological polar surface area (TPSA) is 38.0 Å². The van der Waals surface area contributed by atoms with Crippen molar-refractivity contribution >= 4 is 11.8 Å². The van der Waals surface area contributed by atoms with E-state index in [2.05, 4.69) is 5.10 Å². The van der Waals surface area contributed by atoms with Gasteiger partial charge in [-0.2, -0.15) is 5.10 Å². The number of aliphatic hydroxyl groups excluding tert-OH is 1. The van der Waals surface area contributed by atoms with Gasteiger partial charge >= 0.3 is 0 Å². The Balaban J connectivity index is 2.04. The Morgan fingerprint density at radius 2 is 2.45 bits per heavy atom. The third-order valence-corrected chi connectivity index (χ3v) is 2.25. The van der Waals surface area contributed by atoms with Gasteiger partial charge in [-0.05, 0) is 18.2 Å². The number of hydrogen-bond donors (Lipinski definition) is 1. The Hall–Kier alpha value is -0.480. The Labute approximate surface area is 70.4 Å². The molecule has 0 fully saturated rings. The molecular formula is C7H12N2OS. The quantitative estimate of drug-likeness (QED) is 0.672. The van der Waals surface area contributed by atoms with Crippen LogP contribution < -0.4 is 0 Å². The van der Waals surface area contributed by atoms with Gasteiger partial charge in [0.2, 0.25) is 0 Å². The van der Waals surface area contributed by atoms with Crippen molar-refractivity contribution in [3.8, 4) is 0 Å². The minimum atomic E-state index is 0.284. The highest BCUT2D eigenvalue weighted by Crippen LogP contribution is 2.04. The minimum Gasteiger partial charge on any atom is -0.396 e. The van der Waals surface area contributed by atoms with Crippen LogP contribution in [0.1, 0.15) is 6.42 Å². The van der Waals surface area contributed by atoms with Gasteiger partial charge in [0.15, 0.2) is 0 Å². The van der Waals surface area contributed by atoms with Gasteiger partial charge in [0.1, 0.15) is 0 Å². The zero-order valence-corrected chi connectivity index (χ0v) is 7.13. The van der Waals surface area contributed by atoms with Gasteiger partial charge in [-0.1, -0.05) is 0 Å². The average molecular weight is 172 g/mol. The standard InChI is InChI=1S/C7H12N2OS/c10-5-2-6-11-7-9-4-1-3-8-9/h1,3-4,10H,2,5-7H2. The molecule has 0 amide bonds. The number of aromatic nitrogens is 2. The fraction of sp³-hybridized carbons (Fsp3) is 0.571. The summed E-state index contributed by atoms with van der Waals surface area (Å²) in [5, 5.41) is 12.5. The van der Waals surface area contributed by atoms with Crippen LogP contribution in [0.4, 0.5) is 0 Å². The van der Waals surface area contributed by atoms with Crippen LogP contribution in [0.5, 0.6) is 0 Å². The summed E-state index contributed by atoms with van der Waals surface area (Å²) in [6.45, 7) is 0.284. The van der Waals surface area contributed by atoms with Crippen molar-refractivity contribution in [3.05, 3.63) is 18.5 Å². The summed E-state index contributed by atoms with van der Waals surface area (Å²) in [6.07, 6.45) is 4.57. The van der Waals surface area contributed by atoms with Crippen LogP contribution in [0, 0.1) is 0 Å². The van der Waals surface area contributed by atoms with Crippen molar-refractivity contribution in [1.29, 1.82) is 0 Å². The highest BCUT2D eigenvalue weighted by atomic mass is 32.2. The van der Waals surface area contributed by atoms with Crippen molar-refractivity contribution < 1.29 is 5.11 Å². The molecule has 0 saturated carbocycles. The summed E-state index contributed by atoms with van der Waals surface area (Å²) in [5.74, 6) is 1.88. The molecule has 1 rings (SSSR count). The number of nitrogens with zero attached hydrogens (tertiary/aromatic N) is 2. The Morgan fingerprint density at radius 1 is 1.55 bits per heavy atom. The van der Waals surface area contributed by atoms with Crippen LogP contribution in [-0.2, 0) is 5.88 Å². The molecule has 0 aliphatic rings. The molecule has 0 unspecified atom stereocenters. The lowest BCUT2D eigenvalue weighted by atomic mass is 10.5. The lowest BCUT2D eigenvalue weighted by Crippen LogP contribution is -1.95. The van der Waals surface area contributed by atoms with Crippen molar-refractivity contribution in [2.24, 2.45) is 0 Å². The SMILES string of the molecule is OCCCSCn1cccn1. The average Bonchev–Trinajstić information content (AvgIpc) is 2.50. The number of hydrogen-bond acceptors (Lipinski definition) is 3. The molecule has 1 heterocycles. The lowest BCUT2D eigenvalue weighted by molar-refractivity contribution is 0.296. The van der Waals surface area contributed by atoms with Crippen LogP contribution in [0.25, 0.3) is 0 Å². The third kappa shape index (κ3) is 3.43. The van der Waals surface area contributed by atoms with E-state index in [-0.39, 0.29) is 6.61 Å². The second-order valence-electron chi connectivity index (χ2n) is 2.16. The van der Waals surface area contributed by atoms with E-state index in [1.807, 2.05) is 16.9 Å². The molecule has 0 bridgehead atoms. The summed E-state index contributed by atoms with van der Waals surface area (Å²) in [6, 6.07) is 1.91. The predicted molar refractivity (Wildman–Crippen MR) is 46.4 cm³/mol. The Bertz CT molecular complexity index is 177. The Kier molecular flexibility index (Phi) is 4.08. The van der Waals surface area contributed by atoms with Gasteiger partial charge < -0.3 is 5.11 Å². The van der Waals surface area contributed by atoms with Crippen molar-refractivity contribution in [2.75, 3.05) is 12.4 Å². The third-order valence-electron chi connectivity index (χ3n) is 1.23. The normalized spacial score (nSPS) is 10.3. The second-order valence-corrected chi connectivity index (χ2v) is 3.23. The molecule has 1 aromatic heterocycles. The molecule has 11 heavy (non-hydrogen) atoms. The number of thioether (sulfide) groups is 1. The van der Waals surface area contributed by atoms with E-state index in [9.17, 15) is 0 Å². The molecule has 1 aromatic rings. The summed E-state index contributed by atoms with van der Waals surface area (Å²) < 4.78 is 1.88. The van der Waals surface area contributed by atoms with Gasteiger partial charge in [0, 0.05) is 19.0 Å². The summed E-state index contributed by atoms with van der Waals surface area (Å²) >= 11 is 1.78. The molecule has 0 atom stereocenters. The van der Waals surface area contributed by atoms with E-state index < -0.39 is 0 Å². The zero-order chi connectivity index (χ0) is 7.94. The first kappa shape index (κ1) is 8.62.